The second-order valence-electron chi connectivity index (χ2n) is 7.23. The number of hydrogen-bond donors (Lipinski definition) is 0. The average Bonchev–Trinajstić information content (AvgIpc) is 3.14. The third-order valence-electron chi connectivity index (χ3n) is 5.18. The number of likely N-dealkylation sites (tertiary alicyclic amines) is 1. The molecule has 5 nitrogen and oxygen atoms in total. The van der Waals surface area contributed by atoms with Gasteiger partial charge in [0, 0.05) is 37.9 Å². The van der Waals surface area contributed by atoms with Gasteiger partial charge in [-0.25, -0.2) is 13.8 Å². The first kappa shape index (κ1) is 20.5. The largest absolute Gasteiger partial charge is 0.343 e. The van der Waals surface area contributed by atoms with Gasteiger partial charge in [0.15, 0.2) is 5.16 Å². The highest BCUT2D eigenvalue weighted by atomic mass is 32.2. The van der Waals surface area contributed by atoms with Crippen molar-refractivity contribution >= 4 is 28.6 Å². The predicted octanol–water partition coefficient (Wildman–Crippen LogP) is 3.98. The van der Waals surface area contributed by atoms with Gasteiger partial charge in [0.1, 0.15) is 11.6 Å². The van der Waals surface area contributed by atoms with Crippen molar-refractivity contribution in [2.75, 3.05) is 13.1 Å². The Balaban J connectivity index is 1.58. The zero-order valence-electron chi connectivity index (χ0n) is 16.3. The van der Waals surface area contributed by atoms with Crippen molar-refractivity contribution in [1.82, 2.24) is 14.5 Å². The van der Waals surface area contributed by atoms with E-state index in [0.29, 0.717) is 47.6 Å². The summed E-state index contributed by atoms with van der Waals surface area (Å²) in [6.45, 7) is 1.76. The highest BCUT2D eigenvalue weighted by molar-refractivity contribution is 7.98. The Morgan fingerprint density at radius 2 is 1.90 bits per heavy atom. The molecule has 0 saturated carbocycles. The maximum Gasteiger partial charge on any atom is 0.262 e. The van der Waals surface area contributed by atoms with Crippen LogP contribution >= 0.6 is 11.8 Å². The molecule has 0 unspecified atom stereocenters. The van der Waals surface area contributed by atoms with E-state index in [1.165, 1.54) is 23.9 Å². The lowest BCUT2D eigenvalue weighted by Crippen LogP contribution is -2.29. The van der Waals surface area contributed by atoms with Crippen molar-refractivity contribution in [3.63, 3.8) is 0 Å². The van der Waals surface area contributed by atoms with E-state index in [9.17, 15) is 18.4 Å². The van der Waals surface area contributed by atoms with Gasteiger partial charge in [-0.15, -0.1) is 0 Å². The van der Waals surface area contributed by atoms with E-state index in [-0.39, 0.29) is 17.2 Å². The quantitative estimate of drug-likeness (QED) is 0.421. The van der Waals surface area contributed by atoms with Gasteiger partial charge in [-0.05, 0) is 36.6 Å². The molecule has 1 saturated heterocycles. The highest BCUT2D eigenvalue weighted by Gasteiger charge is 2.20. The summed E-state index contributed by atoms with van der Waals surface area (Å²) in [4.78, 5) is 31.3. The molecule has 3 aromatic rings. The Labute approximate surface area is 176 Å². The van der Waals surface area contributed by atoms with Gasteiger partial charge in [-0.2, -0.15) is 0 Å². The number of fused-ring (bicyclic) bond motifs is 1. The van der Waals surface area contributed by atoms with Gasteiger partial charge in [-0.3, -0.25) is 14.2 Å². The van der Waals surface area contributed by atoms with Crippen molar-refractivity contribution in [1.29, 1.82) is 0 Å². The molecule has 1 aliphatic heterocycles. The molecule has 0 bridgehead atoms. The van der Waals surface area contributed by atoms with Crippen molar-refractivity contribution in [2.45, 2.75) is 36.7 Å². The topological polar surface area (TPSA) is 55.2 Å². The van der Waals surface area contributed by atoms with Gasteiger partial charge in [0.25, 0.3) is 5.56 Å². The number of halogens is 2. The monoisotopic (exact) mass is 429 g/mol. The van der Waals surface area contributed by atoms with Crippen molar-refractivity contribution in [3.8, 4) is 0 Å². The van der Waals surface area contributed by atoms with E-state index in [1.54, 1.807) is 22.8 Å². The molecule has 1 fully saturated rings. The van der Waals surface area contributed by atoms with E-state index >= 15 is 0 Å². The Morgan fingerprint density at radius 3 is 2.67 bits per heavy atom. The molecule has 1 aliphatic rings. The molecular weight excluding hydrogens is 408 g/mol. The van der Waals surface area contributed by atoms with Crippen molar-refractivity contribution in [2.24, 2.45) is 0 Å². The van der Waals surface area contributed by atoms with Crippen LogP contribution in [0.1, 0.15) is 24.8 Å². The van der Waals surface area contributed by atoms with E-state index in [4.69, 9.17) is 0 Å². The predicted molar refractivity (Wildman–Crippen MR) is 112 cm³/mol. The minimum atomic E-state index is -0.626. The summed E-state index contributed by atoms with van der Waals surface area (Å²) < 4.78 is 28.8. The first-order valence-electron chi connectivity index (χ1n) is 9.87. The molecule has 0 spiro atoms. The normalized spacial score (nSPS) is 14.1. The van der Waals surface area contributed by atoms with Crippen molar-refractivity contribution in [3.05, 3.63) is 70.0 Å². The Kier molecular flexibility index (Phi) is 6.13. The Hall–Kier alpha value is -2.74. The third-order valence-corrected chi connectivity index (χ3v) is 6.20. The SMILES string of the molecule is O=C1CCCN1CCCn1c(SCc2ccc(F)cc2F)nc2ccccc2c1=O. The van der Waals surface area contributed by atoms with Gasteiger partial charge in [0.2, 0.25) is 5.91 Å². The number of aromatic nitrogens is 2. The number of benzene rings is 2. The highest BCUT2D eigenvalue weighted by Crippen LogP contribution is 2.24. The molecule has 0 N–H and O–H groups in total. The minimum Gasteiger partial charge on any atom is -0.343 e. The number of amides is 1. The third kappa shape index (κ3) is 4.38. The zero-order valence-corrected chi connectivity index (χ0v) is 17.1. The maximum absolute atomic E-state index is 14.0. The van der Waals surface area contributed by atoms with Crippen LogP contribution in [0.25, 0.3) is 10.9 Å². The van der Waals surface area contributed by atoms with E-state index in [0.717, 1.165) is 19.0 Å². The van der Waals surface area contributed by atoms with Gasteiger partial charge in [-0.1, -0.05) is 30.0 Å². The van der Waals surface area contributed by atoms with Crippen LogP contribution < -0.4 is 5.56 Å². The number of thioether (sulfide) groups is 1. The molecule has 156 valence electrons. The molecule has 8 heteroatoms. The molecule has 0 radical (unpaired) electrons. The number of hydrogen-bond acceptors (Lipinski definition) is 4. The molecule has 1 amide bonds. The summed E-state index contributed by atoms with van der Waals surface area (Å²) in [5.41, 5.74) is 0.768. The Morgan fingerprint density at radius 1 is 1.07 bits per heavy atom. The molecule has 4 rings (SSSR count). The molecule has 2 aromatic carbocycles. The number of carbonyl (C=O) groups is 1. The van der Waals surface area contributed by atoms with E-state index in [1.807, 2.05) is 11.0 Å². The fourth-order valence-corrected chi connectivity index (χ4v) is 4.61. The minimum absolute atomic E-state index is 0.153. The van der Waals surface area contributed by atoms with Gasteiger partial charge < -0.3 is 4.90 Å². The van der Waals surface area contributed by atoms with E-state index < -0.39 is 11.6 Å². The average molecular weight is 429 g/mol. The van der Waals surface area contributed by atoms with Crippen LogP contribution in [0, 0.1) is 11.6 Å². The number of nitrogens with zero attached hydrogens (tertiary/aromatic N) is 3. The first-order chi connectivity index (χ1) is 14.5. The van der Waals surface area contributed by atoms with Gasteiger partial charge >= 0.3 is 0 Å². The summed E-state index contributed by atoms with van der Waals surface area (Å²) in [5, 5.41) is 1.00. The fourth-order valence-electron chi connectivity index (χ4n) is 3.60. The molecular formula is C22H21F2N3O2S. The van der Waals surface area contributed by atoms with Crippen LogP contribution in [-0.4, -0.2) is 33.4 Å². The van der Waals surface area contributed by atoms with Crippen LogP contribution in [0.4, 0.5) is 8.78 Å². The first-order valence-corrected chi connectivity index (χ1v) is 10.9. The summed E-state index contributed by atoms with van der Waals surface area (Å²) in [5.74, 6) is -0.870. The molecule has 2 heterocycles. The summed E-state index contributed by atoms with van der Waals surface area (Å²) in [6, 6.07) is 10.6. The molecule has 0 atom stereocenters. The standard InChI is InChI=1S/C22H21F2N3O2S/c23-16-9-8-15(18(24)13-16)14-30-22-25-19-6-2-1-5-17(19)21(29)27(22)12-4-11-26-10-3-7-20(26)28/h1-2,5-6,8-9,13H,3-4,7,10-12,14H2. The second kappa shape index (κ2) is 8.95. The molecule has 1 aromatic heterocycles. The van der Waals surface area contributed by atoms with Crippen LogP contribution in [-0.2, 0) is 17.1 Å². The maximum atomic E-state index is 14.0. The lowest BCUT2D eigenvalue weighted by molar-refractivity contribution is -0.127. The van der Waals surface area contributed by atoms with Crippen LogP contribution in [0.15, 0.2) is 52.4 Å². The van der Waals surface area contributed by atoms with Crippen LogP contribution in [0.3, 0.4) is 0 Å². The molecule has 30 heavy (non-hydrogen) atoms. The number of carbonyl (C=O) groups excluding carboxylic acids is 1. The van der Waals surface area contributed by atoms with Crippen LogP contribution in [0.5, 0.6) is 0 Å². The number of para-hydroxylation sites is 1. The lowest BCUT2D eigenvalue weighted by Gasteiger charge is -2.17. The van der Waals surface area contributed by atoms with Gasteiger partial charge in [0.05, 0.1) is 10.9 Å². The second-order valence-corrected chi connectivity index (χ2v) is 8.17. The Bertz CT molecular complexity index is 1150. The lowest BCUT2D eigenvalue weighted by atomic mass is 10.2. The number of rotatable bonds is 7. The van der Waals surface area contributed by atoms with E-state index in [2.05, 4.69) is 4.98 Å². The fraction of sp³-hybridized carbons (Fsp3) is 0.318. The zero-order chi connectivity index (χ0) is 21.1. The van der Waals surface area contributed by atoms with Crippen LogP contribution in [0.2, 0.25) is 0 Å². The summed E-state index contributed by atoms with van der Waals surface area (Å²) in [6.07, 6.45) is 2.09. The smallest absolute Gasteiger partial charge is 0.262 e. The summed E-state index contributed by atoms with van der Waals surface area (Å²) >= 11 is 1.24. The van der Waals surface area contributed by atoms with Crippen molar-refractivity contribution < 1.29 is 13.6 Å². The molecule has 0 aliphatic carbocycles. The summed E-state index contributed by atoms with van der Waals surface area (Å²) in [7, 11) is 0.